The van der Waals surface area contributed by atoms with E-state index < -0.39 is 30.3 Å². The van der Waals surface area contributed by atoms with Crippen LogP contribution < -0.4 is 5.73 Å². The van der Waals surface area contributed by atoms with Gasteiger partial charge in [0.15, 0.2) is 5.60 Å². The molecule has 0 aliphatic carbocycles. The number of aliphatic hydroxyl groups is 3. The van der Waals surface area contributed by atoms with Crippen molar-refractivity contribution in [3.8, 4) is 0 Å². The lowest BCUT2D eigenvalue weighted by Gasteiger charge is -2.25. The number of hydrogen-bond acceptors (Lipinski definition) is 5. The van der Waals surface area contributed by atoms with Crippen molar-refractivity contribution in [1.82, 2.24) is 0 Å². The van der Waals surface area contributed by atoms with Gasteiger partial charge in [-0.2, -0.15) is 0 Å². The minimum absolute atomic E-state index is 0.767. The number of aliphatic hydroxyl groups excluding tert-OH is 3. The van der Waals surface area contributed by atoms with E-state index in [0.29, 0.717) is 0 Å². The van der Waals surface area contributed by atoms with E-state index in [4.69, 9.17) is 15.9 Å². The molecule has 1 saturated heterocycles. The molecule has 0 spiro atoms. The van der Waals surface area contributed by atoms with Gasteiger partial charge in [0.2, 0.25) is 0 Å². The number of carbonyl (C=O) groups is 1. The first-order valence-electron chi connectivity index (χ1n) is 3.32. The summed E-state index contributed by atoms with van der Waals surface area (Å²) in [6, 6.07) is 0. The molecule has 1 rings (SSSR count). The van der Waals surface area contributed by atoms with Crippen molar-refractivity contribution < 1.29 is 24.9 Å². The molecule has 6 nitrogen and oxygen atoms in total. The van der Waals surface area contributed by atoms with Gasteiger partial charge in [-0.15, -0.1) is 0 Å². The van der Waals surface area contributed by atoms with E-state index in [1.807, 2.05) is 0 Å². The number of carbonyl (C=O) groups excluding carboxylic acids is 1. The van der Waals surface area contributed by atoms with Crippen LogP contribution in [0.25, 0.3) is 0 Å². The topological polar surface area (TPSA) is 113 Å². The fraction of sp³-hybridized carbons (Fsp3) is 0.667. The molecule has 3 atom stereocenters. The Balaban J connectivity index is 2.88. The van der Waals surface area contributed by atoms with Gasteiger partial charge in [0, 0.05) is 0 Å². The summed E-state index contributed by atoms with van der Waals surface area (Å²) in [7, 11) is 0. The van der Waals surface area contributed by atoms with Crippen molar-refractivity contribution in [1.29, 1.82) is 0 Å². The first-order valence-corrected chi connectivity index (χ1v) is 3.32. The van der Waals surface area contributed by atoms with Crippen molar-refractivity contribution in [3.63, 3.8) is 0 Å². The van der Waals surface area contributed by atoms with Gasteiger partial charge in [-0.3, -0.25) is 4.79 Å². The van der Waals surface area contributed by atoms with Gasteiger partial charge >= 0.3 is 0 Å². The monoisotopic (exact) mass is 176 g/mol. The van der Waals surface area contributed by atoms with Crippen LogP contribution in [0, 0.1) is 6.61 Å². The van der Waals surface area contributed by atoms with E-state index in [-0.39, 0.29) is 0 Å². The van der Waals surface area contributed by atoms with E-state index in [1.165, 1.54) is 0 Å². The minimum atomic E-state index is -1.89. The Bertz CT molecular complexity index is 196. The zero-order valence-electron chi connectivity index (χ0n) is 6.17. The summed E-state index contributed by atoms with van der Waals surface area (Å²) >= 11 is 0. The van der Waals surface area contributed by atoms with E-state index in [2.05, 4.69) is 4.74 Å². The zero-order chi connectivity index (χ0) is 9.35. The summed E-state index contributed by atoms with van der Waals surface area (Å²) in [5.41, 5.74) is 2.99. The Labute approximate surface area is 68.6 Å². The SMILES string of the molecule is NC(=O)[C@]1(CO)O[CH][C@H](O)[C@@H]1O. The second-order valence-corrected chi connectivity index (χ2v) is 2.60. The summed E-state index contributed by atoms with van der Waals surface area (Å²) in [5, 5.41) is 26.9. The quantitative estimate of drug-likeness (QED) is 0.361. The second-order valence-electron chi connectivity index (χ2n) is 2.60. The van der Waals surface area contributed by atoms with Crippen molar-refractivity contribution in [2.75, 3.05) is 6.61 Å². The van der Waals surface area contributed by atoms with Crippen LogP contribution in [0.4, 0.5) is 0 Å². The maximum Gasteiger partial charge on any atom is 0.254 e. The van der Waals surface area contributed by atoms with Crippen LogP contribution in [-0.2, 0) is 9.53 Å². The van der Waals surface area contributed by atoms with Crippen LogP contribution >= 0.6 is 0 Å². The third-order valence-electron chi connectivity index (χ3n) is 1.87. The predicted molar refractivity (Wildman–Crippen MR) is 36.4 cm³/mol. The van der Waals surface area contributed by atoms with Gasteiger partial charge in [0.1, 0.15) is 18.8 Å². The number of rotatable bonds is 2. The van der Waals surface area contributed by atoms with Crippen LogP contribution in [0.5, 0.6) is 0 Å². The number of amides is 1. The number of primary amides is 1. The lowest BCUT2D eigenvalue weighted by molar-refractivity contribution is -0.151. The lowest BCUT2D eigenvalue weighted by Crippen LogP contribution is -2.55. The molecule has 1 heterocycles. The smallest absolute Gasteiger partial charge is 0.254 e. The summed E-state index contributed by atoms with van der Waals surface area (Å²) in [4.78, 5) is 10.8. The van der Waals surface area contributed by atoms with Gasteiger partial charge < -0.3 is 25.8 Å². The number of hydrogen-bond donors (Lipinski definition) is 4. The van der Waals surface area contributed by atoms with E-state index in [0.717, 1.165) is 6.61 Å². The number of ether oxygens (including phenoxy) is 1. The molecular weight excluding hydrogens is 166 g/mol. The standard InChI is InChI=1S/C6H10NO5/c7-5(11)6(2-8)4(10)3(9)1-12-6/h1,3-4,8-10H,2H2,(H2,7,11)/t3-,4-,6+/m0/s1. The van der Waals surface area contributed by atoms with Crippen molar-refractivity contribution in [2.24, 2.45) is 5.73 Å². The second kappa shape index (κ2) is 2.98. The largest absolute Gasteiger partial charge is 0.393 e. The highest BCUT2D eigenvalue weighted by Gasteiger charge is 2.53. The minimum Gasteiger partial charge on any atom is -0.393 e. The summed E-state index contributed by atoms with van der Waals surface area (Å²) in [5.74, 6) is -1.01. The molecule has 1 aliphatic heterocycles. The fourth-order valence-electron chi connectivity index (χ4n) is 1.02. The first-order chi connectivity index (χ1) is 5.54. The third kappa shape index (κ3) is 1.09. The Hall–Kier alpha value is -0.690. The molecule has 0 unspecified atom stereocenters. The molecule has 0 saturated carbocycles. The fourth-order valence-corrected chi connectivity index (χ4v) is 1.02. The van der Waals surface area contributed by atoms with Gasteiger partial charge in [-0.1, -0.05) is 0 Å². The van der Waals surface area contributed by atoms with Crippen LogP contribution in [0.15, 0.2) is 0 Å². The molecule has 12 heavy (non-hydrogen) atoms. The molecule has 69 valence electrons. The van der Waals surface area contributed by atoms with Gasteiger partial charge in [-0.05, 0) is 0 Å². The van der Waals surface area contributed by atoms with E-state index >= 15 is 0 Å². The maximum absolute atomic E-state index is 10.8. The molecule has 0 aromatic rings. The van der Waals surface area contributed by atoms with Gasteiger partial charge in [0.05, 0.1) is 6.61 Å². The van der Waals surface area contributed by atoms with Crippen LogP contribution in [-0.4, -0.2) is 45.6 Å². The molecule has 0 bridgehead atoms. The van der Waals surface area contributed by atoms with E-state index in [9.17, 15) is 9.90 Å². The highest BCUT2D eigenvalue weighted by atomic mass is 16.6. The van der Waals surface area contributed by atoms with Crippen molar-refractivity contribution >= 4 is 5.91 Å². The Kier molecular flexibility index (Phi) is 2.34. The Morgan fingerprint density at radius 3 is 2.42 bits per heavy atom. The van der Waals surface area contributed by atoms with E-state index in [1.54, 1.807) is 0 Å². The lowest BCUT2D eigenvalue weighted by atomic mass is 9.96. The summed E-state index contributed by atoms with van der Waals surface area (Å²) in [6.45, 7) is 0.0999. The van der Waals surface area contributed by atoms with Crippen molar-refractivity contribution in [2.45, 2.75) is 17.8 Å². The summed E-state index contributed by atoms with van der Waals surface area (Å²) < 4.78 is 4.63. The molecule has 1 fully saturated rings. The molecule has 1 amide bonds. The molecule has 0 aromatic heterocycles. The Morgan fingerprint density at radius 2 is 2.25 bits per heavy atom. The third-order valence-corrected chi connectivity index (χ3v) is 1.87. The molecule has 0 aromatic carbocycles. The van der Waals surface area contributed by atoms with Gasteiger partial charge in [-0.25, -0.2) is 0 Å². The average molecular weight is 176 g/mol. The molecule has 5 N–H and O–H groups in total. The predicted octanol–water partition coefficient (Wildman–Crippen LogP) is -2.88. The van der Waals surface area contributed by atoms with Crippen molar-refractivity contribution in [3.05, 3.63) is 6.61 Å². The maximum atomic E-state index is 10.8. The normalized spacial score (nSPS) is 41.6. The van der Waals surface area contributed by atoms with Gasteiger partial charge in [0.25, 0.3) is 5.91 Å². The highest BCUT2D eigenvalue weighted by molar-refractivity contribution is 5.85. The molecule has 1 radical (unpaired) electrons. The Morgan fingerprint density at radius 1 is 1.67 bits per heavy atom. The first kappa shape index (κ1) is 9.40. The summed E-state index contributed by atoms with van der Waals surface area (Å²) in [6.07, 6.45) is -2.82. The zero-order valence-corrected chi connectivity index (χ0v) is 6.17. The molecule has 6 heteroatoms. The average Bonchev–Trinajstić information content (AvgIpc) is 2.31. The molecule has 1 aliphatic rings. The number of nitrogens with two attached hydrogens (primary N) is 1. The van der Waals surface area contributed by atoms with Crippen LogP contribution in [0.1, 0.15) is 0 Å². The van der Waals surface area contributed by atoms with Crippen LogP contribution in [0.3, 0.4) is 0 Å². The highest BCUT2D eigenvalue weighted by Crippen LogP contribution is 2.28. The molecular formula is C6H10NO5. The van der Waals surface area contributed by atoms with Crippen LogP contribution in [0.2, 0.25) is 0 Å².